The predicted octanol–water partition coefficient (Wildman–Crippen LogP) is 1.99. The molecule has 0 saturated carbocycles. The number of rotatable bonds is 1. The number of hydrogen-bond donors (Lipinski definition) is 1. The molecule has 3 heteroatoms. The molecule has 0 aliphatic carbocycles. The fourth-order valence-electron chi connectivity index (χ4n) is 3.20. The number of nitrogens with two attached hydrogens (primary N) is 1. The fourth-order valence-corrected chi connectivity index (χ4v) is 3.20. The number of benzene rings is 1. The Morgan fingerprint density at radius 1 is 1.29 bits per heavy atom. The van der Waals surface area contributed by atoms with Gasteiger partial charge in [0, 0.05) is 37.1 Å². The quantitative estimate of drug-likeness (QED) is 0.799. The van der Waals surface area contributed by atoms with Gasteiger partial charge in [0.25, 0.3) is 0 Å². The van der Waals surface area contributed by atoms with Crippen molar-refractivity contribution in [2.75, 3.05) is 11.9 Å². The molecular formula is C14H19N3. The van der Waals surface area contributed by atoms with Crippen LogP contribution < -0.4 is 10.6 Å². The molecule has 2 N–H and O–H groups in total. The van der Waals surface area contributed by atoms with E-state index in [1.54, 1.807) is 0 Å². The summed E-state index contributed by atoms with van der Waals surface area (Å²) in [6.45, 7) is 5.22. The second-order valence-electron chi connectivity index (χ2n) is 5.52. The van der Waals surface area contributed by atoms with Gasteiger partial charge >= 0.3 is 0 Å². The Morgan fingerprint density at radius 2 is 2.06 bits per heavy atom. The number of hydrogen-bond acceptors (Lipinski definition) is 3. The smallest absolute Gasteiger partial charge is 0.114 e. The third kappa shape index (κ3) is 1.26. The molecule has 0 radical (unpaired) electrons. The highest BCUT2D eigenvalue weighted by Gasteiger charge is 2.47. The van der Waals surface area contributed by atoms with E-state index >= 15 is 0 Å². The second kappa shape index (κ2) is 3.26. The highest BCUT2D eigenvalue weighted by Crippen LogP contribution is 2.48. The van der Waals surface area contributed by atoms with Gasteiger partial charge in [-0.3, -0.25) is 0 Å². The SMILES string of the molecule is CN1C=CN2c3ccc(CN)cc3C(C)(C)C12. The number of nitrogens with zero attached hydrogens (tertiary/aromatic N) is 2. The number of likely N-dealkylation sites (N-methyl/N-ethyl adjacent to an activating group) is 1. The minimum Gasteiger partial charge on any atom is -0.358 e. The van der Waals surface area contributed by atoms with Gasteiger partial charge in [0.15, 0.2) is 0 Å². The second-order valence-corrected chi connectivity index (χ2v) is 5.52. The summed E-state index contributed by atoms with van der Waals surface area (Å²) in [5, 5.41) is 0. The fraction of sp³-hybridized carbons (Fsp3) is 0.429. The molecule has 90 valence electrons. The van der Waals surface area contributed by atoms with Crippen molar-refractivity contribution in [2.45, 2.75) is 32.0 Å². The Balaban J connectivity index is 2.17. The lowest BCUT2D eigenvalue weighted by Crippen LogP contribution is -2.44. The Kier molecular flexibility index (Phi) is 2.05. The van der Waals surface area contributed by atoms with Crippen LogP contribution in [0.3, 0.4) is 0 Å². The van der Waals surface area contributed by atoms with Crippen molar-refractivity contribution < 1.29 is 0 Å². The van der Waals surface area contributed by atoms with Crippen molar-refractivity contribution in [3.63, 3.8) is 0 Å². The van der Waals surface area contributed by atoms with Crippen molar-refractivity contribution in [1.29, 1.82) is 0 Å². The first-order valence-electron chi connectivity index (χ1n) is 6.08. The van der Waals surface area contributed by atoms with E-state index in [9.17, 15) is 0 Å². The third-order valence-corrected chi connectivity index (χ3v) is 4.03. The molecule has 2 heterocycles. The van der Waals surface area contributed by atoms with Crippen molar-refractivity contribution in [3.05, 3.63) is 41.7 Å². The van der Waals surface area contributed by atoms with Gasteiger partial charge in [0.2, 0.25) is 0 Å². The molecule has 0 aromatic heterocycles. The van der Waals surface area contributed by atoms with Gasteiger partial charge < -0.3 is 15.5 Å². The summed E-state index contributed by atoms with van der Waals surface area (Å²) in [4.78, 5) is 4.64. The molecule has 0 fully saturated rings. The molecule has 1 aromatic rings. The zero-order chi connectivity index (χ0) is 12.2. The van der Waals surface area contributed by atoms with E-state index in [1.165, 1.54) is 16.8 Å². The van der Waals surface area contributed by atoms with E-state index in [2.05, 4.69) is 61.3 Å². The Bertz CT molecular complexity index is 490. The van der Waals surface area contributed by atoms with Crippen molar-refractivity contribution >= 4 is 5.69 Å². The minimum absolute atomic E-state index is 0.124. The maximum Gasteiger partial charge on any atom is 0.114 e. The maximum atomic E-state index is 5.74. The average molecular weight is 229 g/mol. The van der Waals surface area contributed by atoms with Crippen LogP contribution >= 0.6 is 0 Å². The van der Waals surface area contributed by atoms with Crippen LogP contribution in [0.5, 0.6) is 0 Å². The van der Waals surface area contributed by atoms with Gasteiger partial charge in [-0.25, -0.2) is 0 Å². The van der Waals surface area contributed by atoms with Crippen LogP contribution in [0.15, 0.2) is 30.6 Å². The molecular weight excluding hydrogens is 210 g/mol. The van der Waals surface area contributed by atoms with E-state index in [-0.39, 0.29) is 5.41 Å². The van der Waals surface area contributed by atoms with E-state index in [0.29, 0.717) is 12.7 Å². The lowest BCUT2D eigenvalue weighted by atomic mass is 9.83. The van der Waals surface area contributed by atoms with Crippen molar-refractivity contribution in [2.24, 2.45) is 5.73 Å². The first-order chi connectivity index (χ1) is 8.05. The molecule has 0 spiro atoms. The zero-order valence-electron chi connectivity index (χ0n) is 10.6. The van der Waals surface area contributed by atoms with Gasteiger partial charge in [0.1, 0.15) is 6.17 Å². The summed E-state index contributed by atoms with van der Waals surface area (Å²) in [6, 6.07) is 6.58. The van der Waals surface area contributed by atoms with Crippen molar-refractivity contribution in [1.82, 2.24) is 4.90 Å². The molecule has 1 aromatic carbocycles. The van der Waals surface area contributed by atoms with Crippen LogP contribution in [0.25, 0.3) is 0 Å². The van der Waals surface area contributed by atoms with Crippen LogP contribution in [0.2, 0.25) is 0 Å². The van der Waals surface area contributed by atoms with E-state index < -0.39 is 0 Å². The third-order valence-electron chi connectivity index (χ3n) is 4.03. The van der Waals surface area contributed by atoms with Crippen molar-refractivity contribution in [3.8, 4) is 0 Å². The Hall–Kier alpha value is -1.48. The summed E-state index contributed by atoms with van der Waals surface area (Å²) >= 11 is 0. The summed E-state index contributed by atoms with van der Waals surface area (Å²) in [5.41, 5.74) is 9.80. The molecule has 1 unspecified atom stereocenters. The summed E-state index contributed by atoms with van der Waals surface area (Å²) in [7, 11) is 2.14. The average Bonchev–Trinajstić information content (AvgIpc) is 2.79. The van der Waals surface area contributed by atoms with Crippen LogP contribution in [-0.4, -0.2) is 18.1 Å². The molecule has 0 saturated heterocycles. The monoisotopic (exact) mass is 229 g/mol. The summed E-state index contributed by atoms with van der Waals surface area (Å²) in [6.07, 6.45) is 4.71. The lowest BCUT2D eigenvalue weighted by molar-refractivity contribution is 0.261. The van der Waals surface area contributed by atoms with E-state index in [1.807, 2.05) is 0 Å². The molecule has 1 atom stereocenters. The van der Waals surface area contributed by atoms with Gasteiger partial charge in [-0.2, -0.15) is 0 Å². The van der Waals surface area contributed by atoms with E-state index in [4.69, 9.17) is 5.73 Å². The Labute approximate surface area is 103 Å². The van der Waals surface area contributed by atoms with Gasteiger partial charge in [-0.1, -0.05) is 26.0 Å². The normalized spacial score (nSPS) is 24.1. The van der Waals surface area contributed by atoms with Gasteiger partial charge in [-0.15, -0.1) is 0 Å². The van der Waals surface area contributed by atoms with E-state index in [0.717, 1.165) is 0 Å². The first kappa shape index (κ1) is 10.7. The first-order valence-corrected chi connectivity index (χ1v) is 6.08. The van der Waals surface area contributed by atoms with Crippen LogP contribution in [0.4, 0.5) is 5.69 Å². The highest BCUT2D eigenvalue weighted by molar-refractivity contribution is 5.67. The standard InChI is InChI=1S/C14H19N3/c1-14(2)11-8-10(9-15)4-5-12(11)17-7-6-16(3)13(14)17/h4-8,13H,9,15H2,1-3H3. The predicted molar refractivity (Wildman–Crippen MR) is 70.5 cm³/mol. The molecule has 0 bridgehead atoms. The summed E-state index contributed by atoms with van der Waals surface area (Å²) in [5.74, 6) is 0. The molecule has 3 nitrogen and oxygen atoms in total. The highest BCUT2D eigenvalue weighted by atomic mass is 15.4. The summed E-state index contributed by atoms with van der Waals surface area (Å²) < 4.78 is 0. The molecule has 2 aliphatic heterocycles. The molecule has 2 aliphatic rings. The number of fused-ring (bicyclic) bond motifs is 3. The largest absolute Gasteiger partial charge is 0.358 e. The zero-order valence-corrected chi connectivity index (χ0v) is 10.6. The lowest BCUT2D eigenvalue weighted by Gasteiger charge is -2.34. The van der Waals surface area contributed by atoms with Gasteiger partial charge in [0.05, 0.1) is 0 Å². The molecule has 3 rings (SSSR count). The maximum absolute atomic E-state index is 5.74. The van der Waals surface area contributed by atoms with Crippen LogP contribution in [-0.2, 0) is 12.0 Å². The topological polar surface area (TPSA) is 32.5 Å². The Morgan fingerprint density at radius 3 is 2.76 bits per heavy atom. The van der Waals surface area contributed by atoms with Crippen LogP contribution in [0, 0.1) is 0 Å². The molecule has 17 heavy (non-hydrogen) atoms. The van der Waals surface area contributed by atoms with Crippen LogP contribution in [0.1, 0.15) is 25.0 Å². The van der Waals surface area contributed by atoms with Gasteiger partial charge in [-0.05, 0) is 17.2 Å². The minimum atomic E-state index is 0.124. The molecule has 0 amide bonds. The number of anilines is 1.